The Labute approximate surface area is 198 Å². The molecule has 2 N–H and O–H groups in total. The predicted molar refractivity (Wildman–Crippen MR) is 134 cm³/mol. The first-order valence-corrected chi connectivity index (χ1v) is 12.0. The van der Waals surface area contributed by atoms with Crippen molar-refractivity contribution in [1.29, 1.82) is 5.26 Å². The number of pyridine rings is 1. The van der Waals surface area contributed by atoms with E-state index in [4.69, 9.17) is 14.7 Å². The highest BCUT2D eigenvalue weighted by Gasteiger charge is 2.02. The maximum atomic E-state index is 8.88. The number of benzene rings is 1. The molecule has 2 aromatic rings. The Morgan fingerprint density at radius 1 is 0.909 bits per heavy atom. The number of guanidine groups is 1. The summed E-state index contributed by atoms with van der Waals surface area (Å²) in [6.07, 6.45) is 17.5. The van der Waals surface area contributed by atoms with Crippen LogP contribution in [0.25, 0.3) is 0 Å². The Balaban J connectivity index is 1.41. The van der Waals surface area contributed by atoms with E-state index in [1.807, 2.05) is 42.6 Å². The first kappa shape index (κ1) is 26.0. The van der Waals surface area contributed by atoms with Gasteiger partial charge in [0.1, 0.15) is 0 Å². The van der Waals surface area contributed by atoms with Crippen molar-refractivity contribution in [3.8, 4) is 17.7 Å². The number of nitrogens with zero attached hydrogens (tertiary/aromatic N) is 3. The molecular formula is C26H37N5O2. The van der Waals surface area contributed by atoms with Gasteiger partial charge < -0.3 is 14.8 Å². The average Bonchev–Trinajstić information content (AvgIpc) is 2.85. The lowest BCUT2D eigenvalue weighted by atomic mass is 10.1. The Kier molecular flexibility index (Phi) is 13.6. The van der Waals surface area contributed by atoms with E-state index in [2.05, 4.69) is 20.6 Å². The van der Waals surface area contributed by atoms with Gasteiger partial charge in [0.05, 0.1) is 25.6 Å². The van der Waals surface area contributed by atoms with Crippen LogP contribution in [0.15, 0.2) is 53.8 Å². The molecule has 0 radical (unpaired) electrons. The fraction of sp³-hybridized carbons (Fsp3) is 0.500. The molecule has 1 aromatic carbocycles. The number of para-hydroxylation sites is 2. The number of hydrogen-bond donors (Lipinski definition) is 2. The molecule has 1 heterocycles. The maximum absolute atomic E-state index is 8.88. The average molecular weight is 452 g/mol. The van der Waals surface area contributed by atoms with Crippen molar-refractivity contribution in [3.05, 3.63) is 48.8 Å². The number of hydrogen-bond acceptors (Lipinski definition) is 5. The molecule has 2 rings (SSSR count). The highest BCUT2D eigenvalue weighted by molar-refractivity contribution is 5.94. The lowest BCUT2D eigenvalue weighted by molar-refractivity contribution is 0.284. The monoisotopic (exact) mass is 451 g/mol. The van der Waals surface area contributed by atoms with E-state index in [1.165, 1.54) is 44.9 Å². The summed E-state index contributed by atoms with van der Waals surface area (Å²) in [4.78, 5) is 8.49. The molecule has 178 valence electrons. The fourth-order valence-electron chi connectivity index (χ4n) is 3.48. The van der Waals surface area contributed by atoms with Gasteiger partial charge in [0.2, 0.25) is 5.96 Å². The second kappa shape index (κ2) is 17.3. The van der Waals surface area contributed by atoms with Crippen LogP contribution in [-0.2, 0) is 0 Å². The summed E-state index contributed by atoms with van der Waals surface area (Å²) in [5, 5.41) is 14.5. The van der Waals surface area contributed by atoms with Crippen LogP contribution >= 0.6 is 0 Å². The molecule has 7 nitrogen and oxygen atoms in total. The first-order chi connectivity index (χ1) is 16.3. The molecule has 0 fully saturated rings. The molecule has 0 amide bonds. The summed E-state index contributed by atoms with van der Waals surface area (Å²) in [5.41, 5.74) is 0.808. The molecule has 0 aliphatic heterocycles. The number of nitrogens with one attached hydrogen (secondary N) is 2. The molecule has 0 saturated carbocycles. The molecular weight excluding hydrogens is 414 g/mol. The molecule has 0 unspecified atom stereocenters. The van der Waals surface area contributed by atoms with Crippen LogP contribution in [-0.4, -0.2) is 31.2 Å². The minimum Gasteiger partial charge on any atom is -0.493 e. The van der Waals surface area contributed by atoms with Gasteiger partial charge in [0, 0.05) is 12.7 Å². The van der Waals surface area contributed by atoms with Gasteiger partial charge in [-0.05, 0) is 37.1 Å². The molecule has 0 bridgehead atoms. The third-order valence-electron chi connectivity index (χ3n) is 5.25. The smallest absolute Gasteiger partial charge is 0.209 e. The van der Waals surface area contributed by atoms with Gasteiger partial charge in [-0.1, -0.05) is 63.5 Å². The predicted octanol–water partition coefficient (Wildman–Crippen LogP) is 5.91. The molecule has 0 aliphatic carbocycles. The van der Waals surface area contributed by atoms with E-state index >= 15 is 0 Å². The minimum atomic E-state index is 0.471. The van der Waals surface area contributed by atoms with Crippen molar-refractivity contribution in [2.45, 2.75) is 64.2 Å². The van der Waals surface area contributed by atoms with Gasteiger partial charge in [-0.2, -0.15) is 5.26 Å². The van der Waals surface area contributed by atoms with E-state index in [0.29, 0.717) is 12.5 Å². The van der Waals surface area contributed by atoms with Crippen LogP contribution in [0.5, 0.6) is 11.5 Å². The second-order valence-electron chi connectivity index (χ2n) is 7.87. The SMILES string of the molecule is COc1ccccc1OCCCCCCCCCCCCN=C(NC#N)Nc1cccnc1. The zero-order valence-electron chi connectivity index (χ0n) is 19.8. The van der Waals surface area contributed by atoms with E-state index in [0.717, 1.165) is 43.1 Å². The van der Waals surface area contributed by atoms with Crippen LogP contribution in [0.3, 0.4) is 0 Å². The third-order valence-corrected chi connectivity index (χ3v) is 5.25. The minimum absolute atomic E-state index is 0.471. The van der Waals surface area contributed by atoms with Crippen molar-refractivity contribution in [2.75, 3.05) is 25.6 Å². The number of aliphatic imine (C=N–C) groups is 1. The first-order valence-electron chi connectivity index (χ1n) is 12.0. The molecule has 33 heavy (non-hydrogen) atoms. The van der Waals surface area contributed by atoms with Gasteiger partial charge in [-0.15, -0.1) is 0 Å². The van der Waals surface area contributed by atoms with Crippen LogP contribution in [0.1, 0.15) is 64.2 Å². The Bertz CT molecular complexity index is 836. The largest absolute Gasteiger partial charge is 0.493 e. The van der Waals surface area contributed by atoms with Gasteiger partial charge in [-0.25, -0.2) is 0 Å². The van der Waals surface area contributed by atoms with Crippen molar-refractivity contribution in [1.82, 2.24) is 10.3 Å². The third kappa shape index (κ3) is 11.8. The van der Waals surface area contributed by atoms with Crippen LogP contribution in [0.4, 0.5) is 5.69 Å². The fourth-order valence-corrected chi connectivity index (χ4v) is 3.48. The van der Waals surface area contributed by atoms with Crippen molar-refractivity contribution in [3.63, 3.8) is 0 Å². The lowest BCUT2D eigenvalue weighted by Gasteiger charge is -2.10. The zero-order valence-corrected chi connectivity index (χ0v) is 19.8. The van der Waals surface area contributed by atoms with Gasteiger partial charge in [0.25, 0.3) is 0 Å². The Morgan fingerprint density at radius 2 is 1.58 bits per heavy atom. The quantitative estimate of drug-likeness (QED) is 0.108. The van der Waals surface area contributed by atoms with Gasteiger partial charge in [0.15, 0.2) is 17.7 Å². The number of methoxy groups -OCH3 is 1. The molecule has 7 heteroatoms. The standard InChI is InChI=1S/C26H37N5O2/c1-32-24-16-10-11-17-25(24)33-20-13-9-7-5-3-2-4-6-8-12-19-29-26(30-22-27)31-23-15-14-18-28-21-23/h10-11,14-18,21H,2-9,12-13,19-20H2,1H3,(H2,29,30,31). The van der Waals surface area contributed by atoms with E-state index in [9.17, 15) is 0 Å². The number of unbranched alkanes of at least 4 members (excludes halogenated alkanes) is 9. The summed E-state index contributed by atoms with van der Waals surface area (Å²) < 4.78 is 11.1. The summed E-state index contributed by atoms with van der Waals surface area (Å²) in [7, 11) is 1.67. The second-order valence-corrected chi connectivity index (χ2v) is 7.87. The number of anilines is 1. The summed E-state index contributed by atoms with van der Waals surface area (Å²) in [5.74, 6) is 2.09. The van der Waals surface area contributed by atoms with Crippen molar-refractivity contribution >= 4 is 11.6 Å². The summed E-state index contributed by atoms with van der Waals surface area (Å²) >= 11 is 0. The van der Waals surface area contributed by atoms with E-state index in [-0.39, 0.29) is 0 Å². The number of rotatable bonds is 16. The van der Waals surface area contributed by atoms with Crippen LogP contribution in [0, 0.1) is 11.5 Å². The highest BCUT2D eigenvalue weighted by atomic mass is 16.5. The topological polar surface area (TPSA) is 91.6 Å². The summed E-state index contributed by atoms with van der Waals surface area (Å²) in [6, 6.07) is 11.5. The number of ether oxygens (including phenoxy) is 2. The Hall–Kier alpha value is -3.27. The van der Waals surface area contributed by atoms with Gasteiger partial charge in [-0.3, -0.25) is 15.3 Å². The lowest BCUT2D eigenvalue weighted by Crippen LogP contribution is -2.27. The molecule has 0 aliphatic rings. The number of nitriles is 1. The molecule has 0 atom stereocenters. The van der Waals surface area contributed by atoms with E-state index in [1.54, 1.807) is 19.5 Å². The maximum Gasteiger partial charge on any atom is 0.209 e. The zero-order chi connectivity index (χ0) is 23.4. The summed E-state index contributed by atoms with van der Waals surface area (Å²) in [6.45, 7) is 1.44. The highest BCUT2D eigenvalue weighted by Crippen LogP contribution is 2.26. The van der Waals surface area contributed by atoms with E-state index < -0.39 is 0 Å². The normalized spacial score (nSPS) is 11.0. The van der Waals surface area contributed by atoms with Crippen molar-refractivity contribution < 1.29 is 9.47 Å². The van der Waals surface area contributed by atoms with Crippen LogP contribution < -0.4 is 20.1 Å². The van der Waals surface area contributed by atoms with Gasteiger partial charge >= 0.3 is 0 Å². The van der Waals surface area contributed by atoms with Crippen LogP contribution in [0.2, 0.25) is 0 Å². The van der Waals surface area contributed by atoms with Crippen molar-refractivity contribution in [2.24, 2.45) is 4.99 Å². The molecule has 0 spiro atoms. The molecule has 1 aromatic heterocycles. The Morgan fingerprint density at radius 3 is 2.21 bits per heavy atom. The number of aromatic nitrogens is 1. The molecule has 0 saturated heterocycles.